The van der Waals surface area contributed by atoms with Crippen molar-refractivity contribution in [1.82, 2.24) is 9.55 Å². The lowest BCUT2D eigenvalue weighted by Gasteiger charge is -2.06. The zero-order chi connectivity index (χ0) is 11.6. The van der Waals surface area contributed by atoms with Gasteiger partial charge >= 0.3 is 5.97 Å². The Morgan fingerprint density at radius 2 is 2.27 bits per heavy atom. The first kappa shape index (κ1) is 11.3. The normalized spacial score (nSPS) is 10.7. The molecular formula is C8H8F2N2O3. The highest BCUT2D eigenvalue weighted by molar-refractivity contribution is 5.88. The Labute approximate surface area is 83.0 Å². The molecule has 0 aromatic carbocycles. The summed E-state index contributed by atoms with van der Waals surface area (Å²) in [7, 11) is 0. The van der Waals surface area contributed by atoms with E-state index in [0.29, 0.717) is 0 Å². The molecule has 0 aliphatic heterocycles. The van der Waals surface area contributed by atoms with Crippen LogP contribution in [-0.4, -0.2) is 20.6 Å². The highest BCUT2D eigenvalue weighted by atomic mass is 19.3. The summed E-state index contributed by atoms with van der Waals surface area (Å²) in [6.45, 7) is 1.76. The minimum absolute atomic E-state index is 0.176. The molecule has 0 unspecified atom stereocenters. The van der Waals surface area contributed by atoms with E-state index in [1.54, 1.807) is 6.92 Å². The van der Waals surface area contributed by atoms with Gasteiger partial charge in [0.2, 0.25) is 0 Å². The molecule has 0 saturated carbocycles. The van der Waals surface area contributed by atoms with Gasteiger partial charge in [0, 0.05) is 6.54 Å². The molecule has 1 aromatic heterocycles. The van der Waals surface area contributed by atoms with Crippen LogP contribution >= 0.6 is 0 Å². The molecule has 0 aliphatic carbocycles. The highest BCUT2D eigenvalue weighted by Crippen LogP contribution is 2.17. The van der Waals surface area contributed by atoms with Gasteiger partial charge in [0.05, 0.1) is 6.33 Å². The van der Waals surface area contributed by atoms with Crippen molar-refractivity contribution in [2.24, 2.45) is 0 Å². The zero-order valence-corrected chi connectivity index (χ0v) is 7.78. The molecule has 0 atom stereocenters. The van der Waals surface area contributed by atoms with Crippen LogP contribution in [-0.2, 0) is 6.54 Å². The van der Waals surface area contributed by atoms with Crippen LogP contribution in [0.25, 0.3) is 0 Å². The number of alkyl halides is 2. The Kier molecular flexibility index (Phi) is 3.13. The standard InChI is InChI=1S/C8H8F2N2O3/c1-2-12-3-11-5(6(9)10)4(7(12)13)8(14)15/h3,6H,2H2,1H3,(H,14,15). The van der Waals surface area contributed by atoms with E-state index >= 15 is 0 Å². The minimum atomic E-state index is -3.07. The molecule has 0 bridgehead atoms. The molecule has 5 nitrogen and oxygen atoms in total. The Morgan fingerprint density at radius 1 is 1.67 bits per heavy atom. The summed E-state index contributed by atoms with van der Waals surface area (Å²) in [5.74, 6) is -1.69. The van der Waals surface area contributed by atoms with Crippen LogP contribution in [0.15, 0.2) is 11.1 Å². The van der Waals surface area contributed by atoms with Crippen LogP contribution in [0.3, 0.4) is 0 Å². The van der Waals surface area contributed by atoms with Crippen LogP contribution in [0.4, 0.5) is 8.78 Å². The number of aromatic nitrogens is 2. The van der Waals surface area contributed by atoms with E-state index in [4.69, 9.17) is 5.11 Å². The van der Waals surface area contributed by atoms with Gasteiger partial charge in [-0.15, -0.1) is 0 Å². The second-order valence-electron chi connectivity index (χ2n) is 2.70. The topological polar surface area (TPSA) is 72.2 Å². The summed E-state index contributed by atoms with van der Waals surface area (Å²) < 4.78 is 25.6. The maximum atomic E-state index is 12.3. The van der Waals surface area contributed by atoms with Crippen molar-refractivity contribution in [3.05, 3.63) is 27.9 Å². The SMILES string of the molecule is CCn1cnc(C(F)F)c(C(=O)O)c1=O. The van der Waals surface area contributed by atoms with Gasteiger partial charge < -0.3 is 5.11 Å². The molecule has 0 spiro atoms. The average Bonchev–Trinajstić information content (AvgIpc) is 2.16. The van der Waals surface area contributed by atoms with E-state index in [9.17, 15) is 18.4 Å². The lowest BCUT2D eigenvalue weighted by atomic mass is 10.2. The molecule has 7 heteroatoms. The Balaban J connectivity index is 3.52. The fourth-order valence-electron chi connectivity index (χ4n) is 1.09. The predicted molar refractivity (Wildman–Crippen MR) is 46.1 cm³/mol. The van der Waals surface area contributed by atoms with E-state index in [-0.39, 0.29) is 6.54 Å². The van der Waals surface area contributed by atoms with Gasteiger partial charge in [-0.2, -0.15) is 0 Å². The number of carbonyl (C=O) groups is 1. The Morgan fingerprint density at radius 3 is 2.67 bits per heavy atom. The molecule has 15 heavy (non-hydrogen) atoms. The lowest BCUT2D eigenvalue weighted by molar-refractivity contribution is 0.0678. The summed E-state index contributed by atoms with van der Waals surface area (Å²) >= 11 is 0. The zero-order valence-electron chi connectivity index (χ0n) is 7.78. The Bertz CT molecular complexity index is 442. The molecule has 0 radical (unpaired) electrons. The van der Waals surface area contributed by atoms with Crippen LogP contribution in [0.5, 0.6) is 0 Å². The molecular weight excluding hydrogens is 210 g/mol. The number of carboxylic acid groups (broad SMARTS) is 1. The quantitative estimate of drug-likeness (QED) is 0.818. The first-order valence-corrected chi connectivity index (χ1v) is 4.09. The van der Waals surface area contributed by atoms with Gasteiger partial charge in [0.15, 0.2) is 5.56 Å². The van der Waals surface area contributed by atoms with Gasteiger partial charge in [-0.25, -0.2) is 18.6 Å². The van der Waals surface area contributed by atoms with E-state index in [2.05, 4.69) is 4.98 Å². The van der Waals surface area contributed by atoms with Crippen molar-refractivity contribution in [3.8, 4) is 0 Å². The molecule has 0 saturated heterocycles. The summed E-state index contributed by atoms with van der Waals surface area (Å²) in [5.41, 5.74) is -2.91. The van der Waals surface area contributed by atoms with Gasteiger partial charge in [-0.3, -0.25) is 9.36 Å². The lowest BCUT2D eigenvalue weighted by Crippen LogP contribution is -2.28. The number of rotatable bonds is 3. The van der Waals surface area contributed by atoms with Crippen LogP contribution in [0.1, 0.15) is 29.4 Å². The average molecular weight is 218 g/mol. The summed E-state index contributed by atoms with van der Waals surface area (Å²) in [6.07, 6.45) is -2.16. The largest absolute Gasteiger partial charge is 0.477 e. The number of hydrogen-bond acceptors (Lipinski definition) is 3. The maximum Gasteiger partial charge on any atom is 0.343 e. The molecule has 1 heterocycles. The van der Waals surface area contributed by atoms with Crippen LogP contribution < -0.4 is 5.56 Å². The summed E-state index contributed by atoms with van der Waals surface area (Å²) in [6, 6.07) is 0. The predicted octanol–water partition coefficient (Wildman–Crippen LogP) is 0.899. The molecule has 0 fully saturated rings. The van der Waals surface area contributed by atoms with Crippen molar-refractivity contribution in [2.45, 2.75) is 19.9 Å². The molecule has 1 N–H and O–H groups in total. The third-order valence-electron chi connectivity index (χ3n) is 1.83. The highest BCUT2D eigenvalue weighted by Gasteiger charge is 2.24. The maximum absolute atomic E-state index is 12.3. The van der Waals surface area contributed by atoms with Gasteiger partial charge in [0.25, 0.3) is 12.0 Å². The summed E-state index contributed by atoms with van der Waals surface area (Å²) in [4.78, 5) is 25.3. The van der Waals surface area contributed by atoms with Crippen LogP contribution in [0, 0.1) is 0 Å². The van der Waals surface area contributed by atoms with Crippen molar-refractivity contribution in [1.29, 1.82) is 0 Å². The Hall–Kier alpha value is -1.79. The first-order chi connectivity index (χ1) is 6.99. The number of halogens is 2. The van der Waals surface area contributed by atoms with E-state index in [0.717, 1.165) is 10.9 Å². The van der Waals surface area contributed by atoms with E-state index < -0.39 is 29.2 Å². The molecule has 0 aliphatic rings. The van der Waals surface area contributed by atoms with Gasteiger partial charge in [0.1, 0.15) is 5.69 Å². The molecule has 1 aromatic rings. The number of nitrogens with zero attached hydrogens (tertiary/aromatic N) is 2. The smallest absolute Gasteiger partial charge is 0.343 e. The summed E-state index contributed by atoms with van der Waals surface area (Å²) in [5, 5.41) is 8.63. The number of carboxylic acids is 1. The number of aryl methyl sites for hydroxylation is 1. The second kappa shape index (κ2) is 4.16. The van der Waals surface area contributed by atoms with E-state index in [1.165, 1.54) is 0 Å². The fraction of sp³-hybridized carbons (Fsp3) is 0.375. The van der Waals surface area contributed by atoms with Crippen molar-refractivity contribution >= 4 is 5.97 Å². The number of hydrogen-bond donors (Lipinski definition) is 1. The fourth-order valence-corrected chi connectivity index (χ4v) is 1.09. The third kappa shape index (κ3) is 2.00. The molecule has 1 rings (SSSR count). The van der Waals surface area contributed by atoms with Crippen molar-refractivity contribution < 1.29 is 18.7 Å². The third-order valence-corrected chi connectivity index (χ3v) is 1.83. The van der Waals surface area contributed by atoms with Crippen LogP contribution in [0.2, 0.25) is 0 Å². The van der Waals surface area contributed by atoms with E-state index in [1.807, 2.05) is 0 Å². The first-order valence-electron chi connectivity index (χ1n) is 4.09. The van der Waals surface area contributed by atoms with Crippen molar-refractivity contribution in [2.75, 3.05) is 0 Å². The minimum Gasteiger partial charge on any atom is -0.477 e. The molecule has 82 valence electrons. The van der Waals surface area contributed by atoms with Gasteiger partial charge in [-0.05, 0) is 6.92 Å². The molecule has 0 amide bonds. The van der Waals surface area contributed by atoms with Crippen molar-refractivity contribution in [3.63, 3.8) is 0 Å². The number of aromatic carboxylic acids is 1. The second-order valence-corrected chi connectivity index (χ2v) is 2.70. The monoisotopic (exact) mass is 218 g/mol. The van der Waals surface area contributed by atoms with Gasteiger partial charge in [-0.1, -0.05) is 0 Å².